The summed E-state index contributed by atoms with van der Waals surface area (Å²) in [4.78, 5) is 13.2. The molecule has 0 saturated carbocycles. The monoisotopic (exact) mass is 297 g/mol. The molecule has 0 spiro atoms. The van der Waals surface area contributed by atoms with Crippen molar-refractivity contribution in [1.82, 2.24) is 15.0 Å². The minimum absolute atomic E-state index is 0.801. The lowest BCUT2D eigenvalue weighted by Gasteiger charge is -2.02. The van der Waals surface area contributed by atoms with Crippen molar-refractivity contribution >= 4 is 32.7 Å². The zero-order chi connectivity index (χ0) is 15.2. The van der Waals surface area contributed by atoms with E-state index in [1.54, 1.807) is 6.20 Å². The Morgan fingerprint density at radius 1 is 0.696 bits per heavy atom. The van der Waals surface area contributed by atoms with E-state index in [4.69, 9.17) is 4.42 Å². The smallest absolute Gasteiger partial charge is 0.139 e. The van der Waals surface area contributed by atoms with Crippen LogP contribution < -0.4 is 0 Å². The molecule has 0 fully saturated rings. The molecule has 0 radical (unpaired) electrons. The van der Waals surface area contributed by atoms with Crippen molar-refractivity contribution in [3.8, 4) is 11.4 Å². The van der Waals surface area contributed by atoms with Gasteiger partial charge >= 0.3 is 0 Å². The SMILES string of the molecule is c1ccc2c(c1)oc1cc(-c3cc4ccncc4cn3)ncc12. The van der Waals surface area contributed by atoms with E-state index in [0.29, 0.717) is 0 Å². The van der Waals surface area contributed by atoms with Gasteiger partial charge in [0, 0.05) is 47.0 Å². The van der Waals surface area contributed by atoms with Crippen LogP contribution in [0.4, 0.5) is 0 Å². The maximum Gasteiger partial charge on any atom is 0.139 e. The Morgan fingerprint density at radius 3 is 2.57 bits per heavy atom. The number of rotatable bonds is 1. The van der Waals surface area contributed by atoms with Crippen LogP contribution in [0.15, 0.2) is 71.7 Å². The van der Waals surface area contributed by atoms with Gasteiger partial charge in [0.25, 0.3) is 0 Å². The Bertz CT molecular complexity index is 1180. The lowest BCUT2D eigenvalue weighted by Crippen LogP contribution is -1.87. The molecule has 4 heteroatoms. The Balaban J connectivity index is 1.73. The highest BCUT2D eigenvalue weighted by atomic mass is 16.3. The first-order valence-electron chi connectivity index (χ1n) is 7.36. The number of para-hydroxylation sites is 1. The van der Waals surface area contributed by atoms with Crippen molar-refractivity contribution in [3.63, 3.8) is 0 Å². The summed E-state index contributed by atoms with van der Waals surface area (Å²) >= 11 is 0. The van der Waals surface area contributed by atoms with Gasteiger partial charge in [-0.3, -0.25) is 15.0 Å². The van der Waals surface area contributed by atoms with Gasteiger partial charge in [0.05, 0.1) is 11.4 Å². The van der Waals surface area contributed by atoms with E-state index in [-0.39, 0.29) is 0 Å². The Kier molecular flexibility index (Phi) is 2.46. The molecular weight excluding hydrogens is 286 g/mol. The number of fused-ring (bicyclic) bond motifs is 4. The van der Waals surface area contributed by atoms with Crippen molar-refractivity contribution in [1.29, 1.82) is 0 Å². The summed E-state index contributed by atoms with van der Waals surface area (Å²) in [7, 11) is 0. The second-order valence-corrected chi connectivity index (χ2v) is 5.46. The fourth-order valence-electron chi connectivity index (χ4n) is 2.88. The van der Waals surface area contributed by atoms with E-state index in [1.165, 1.54) is 0 Å². The van der Waals surface area contributed by atoms with Crippen LogP contribution in [0.2, 0.25) is 0 Å². The van der Waals surface area contributed by atoms with Crippen LogP contribution in [0.5, 0.6) is 0 Å². The van der Waals surface area contributed by atoms with Crippen molar-refractivity contribution in [2.45, 2.75) is 0 Å². The minimum atomic E-state index is 0.801. The third-order valence-electron chi connectivity index (χ3n) is 4.05. The fourth-order valence-corrected chi connectivity index (χ4v) is 2.88. The summed E-state index contributed by atoms with van der Waals surface area (Å²) in [6.45, 7) is 0. The normalized spacial score (nSPS) is 11.5. The van der Waals surface area contributed by atoms with Crippen LogP contribution in [0.25, 0.3) is 44.1 Å². The van der Waals surface area contributed by atoms with E-state index in [9.17, 15) is 0 Å². The average Bonchev–Trinajstić information content (AvgIpc) is 2.99. The molecule has 0 saturated heterocycles. The number of hydrogen-bond donors (Lipinski definition) is 0. The highest BCUT2D eigenvalue weighted by Gasteiger charge is 2.10. The van der Waals surface area contributed by atoms with Crippen molar-refractivity contribution in [2.75, 3.05) is 0 Å². The lowest BCUT2D eigenvalue weighted by molar-refractivity contribution is 0.668. The van der Waals surface area contributed by atoms with Crippen molar-refractivity contribution in [3.05, 3.63) is 67.3 Å². The van der Waals surface area contributed by atoms with Gasteiger partial charge < -0.3 is 4.42 Å². The third kappa shape index (κ3) is 1.89. The first-order chi connectivity index (χ1) is 11.4. The average molecular weight is 297 g/mol. The van der Waals surface area contributed by atoms with Gasteiger partial charge in [-0.2, -0.15) is 0 Å². The molecule has 4 heterocycles. The molecule has 4 aromatic heterocycles. The summed E-state index contributed by atoms with van der Waals surface area (Å²) < 4.78 is 5.92. The fraction of sp³-hybridized carbons (Fsp3) is 0. The van der Waals surface area contributed by atoms with E-state index >= 15 is 0 Å². The van der Waals surface area contributed by atoms with Gasteiger partial charge in [0.2, 0.25) is 0 Å². The summed E-state index contributed by atoms with van der Waals surface area (Å²) in [5, 5.41) is 4.21. The summed E-state index contributed by atoms with van der Waals surface area (Å²) in [5.41, 5.74) is 3.33. The van der Waals surface area contributed by atoms with Crippen LogP contribution >= 0.6 is 0 Å². The molecule has 23 heavy (non-hydrogen) atoms. The van der Waals surface area contributed by atoms with Gasteiger partial charge in [-0.05, 0) is 23.6 Å². The van der Waals surface area contributed by atoms with Gasteiger partial charge in [0.15, 0.2) is 0 Å². The Hall–Kier alpha value is -3.27. The van der Waals surface area contributed by atoms with Gasteiger partial charge in [-0.25, -0.2) is 0 Å². The lowest BCUT2D eigenvalue weighted by atomic mass is 10.1. The Labute approximate surface area is 131 Å². The second kappa shape index (κ2) is 4.61. The molecule has 0 aliphatic carbocycles. The number of pyridine rings is 3. The first-order valence-corrected chi connectivity index (χ1v) is 7.36. The highest BCUT2D eigenvalue weighted by molar-refractivity contribution is 6.05. The molecule has 1 aromatic carbocycles. The molecule has 4 nitrogen and oxygen atoms in total. The van der Waals surface area contributed by atoms with Gasteiger partial charge in [-0.15, -0.1) is 0 Å². The summed E-state index contributed by atoms with van der Waals surface area (Å²) in [5.74, 6) is 0. The number of aromatic nitrogens is 3. The van der Waals surface area contributed by atoms with E-state index in [1.807, 2.05) is 61.1 Å². The molecule has 0 bridgehead atoms. The van der Waals surface area contributed by atoms with Gasteiger partial charge in [0.1, 0.15) is 11.2 Å². The number of nitrogens with zero attached hydrogens (tertiary/aromatic N) is 3. The van der Waals surface area contributed by atoms with Crippen molar-refractivity contribution < 1.29 is 4.42 Å². The minimum Gasteiger partial charge on any atom is -0.456 e. The molecule has 0 unspecified atom stereocenters. The van der Waals surface area contributed by atoms with Crippen LogP contribution in [0.3, 0.4) is 0 Å². The second-order valence-electron chi connectivity index (χ2n) is 5.46. The van der Waals surface area contributed by atoms with Crippen LogP contribution in [-0.2, 0) is 0 Å². The first kappa shape index (κ1) is 12.3. The van der Waals surface area contributed by atoms with E-state index in [0.717, 1.165) is 44.1 Å². The molecule has 5 rings (SSSR count). The molecule has 0 N–H and O–H groups in total. The van der Waals surface area contributed by atoms with Gasteiger partial charge in [-0.1, -0.05) is 18.2 Å². The van der Waals surface area contributed by atoms with Crippen LogP contribution in [0, 0.1) is 0 Å². The number of benzene rings is 1. The number of furan rings is 1. The molecule has 0 aliphatic rings. The quantitative estimate of drug-likeness (QED) is 0.454. The molecule has 0 amide bonds. The largest absolute Gasteiger partial charge is 0.456 e. The predicted molar refractivity (Wildman–Crippen MR) is 90.0 cm³/mol. The molecular formula is C19H11N3O. The predicted octanol–water partition coefficient (Wildman–Crippen LogP) is 4.59. The van der Waals surface area contributed by atoms with E-state index < -0.39 is 0 Å². The number of hydrogen-bond acceptors (Lipinski definition) is 4. The maximum absolute atomic E-state index is 5.92. The molecule has 0 aliphatic heterocycles. The molecule has 108 valence electrons. The van der Waals surface area contributed by atoms with E-state index in [2.05, 4.69) is 15.0 Å². The van der Waals surface area contributed by atoms with Crippen LogP contribution in [-0.4, -0.2) is 15.0 Å². The standard InChI is InChI=1S/C19H11N3O/c1-2-4-18-14(3-1)15-11-22-17(8-19(15)23-18)16-7-12-5-6-20-9-13(12)10-21-16/h1-11H. The summed E-state index contributed by atoms with van der Waals surface area (Å²) in [6.07, 6.45) is 7.26. The maximum atomic E-state index is 5.92. The highest BCUT2D eigenvalue weighted by Crippen LogP contribution is 2.30. The molecule has 0 atom stereocenters. The van der Waals surface area contributed by atoms with Crippen molar-refractivity contribution in [2.24, 2.45) is 0 Å². The topological polar surface area (TPSA) is 51.8 Å². The third-order valence-corrected chi connectivity index (χ3v) is 4.05. The zero-order valence-electron chi connectivity index (χ0n) is 12.1. The molecule has 5 aromatic rings. The zero-order valence-corrected chi connectivity index (χ0v) is 12.1. The van der Waals surface area contributed by atoms with Crippen LogP contribution in [0.1, 0.15) is 0 Å². The summed E-state index contributed by atoms with van der Waals surface area (Å²) in [6, 6.07) is 13.9. The Morgan fingerprint density at radius 2 is 1.57 bits per heavy atom.